The van der Waals surface area contributed by atoms with Gasteiger partial charge in [0.25, 0.3) is 0 Å². The van der Waals surface area contributed by atoms with Crippen LogP contribution < -0.4 is 11.1 Å². The van der Waals surface area contributed by atoms with Gasteiger partial charge >= 0.3 is 0 Å². The molecule has 3 nitrogen and oxygen atoms in total. The van der Waals surface area contributed by atoms with E-state index in [9.17, 15) is 9.18 Å². The third-order valence-corrected chi connectivity index (χ3v) is 2.38. The fourth-order valence-corrected chi connectivity index (χ4v) is 1.49. The smallest absolute Gasteiger partial charge is 0.220 e. The Labute approximate surface area is 107 Å². The monoisotopic (exact) mass is 260 g/mol. The van der Waals surface area contributed by atoms with Crippen molar-refractivity contribution in [3.8, 4) is 0 Å². The minimum atomic E-state index is -0.272. The topological polar surface area (TPSA) is 55.1 Å². The number of halogens is 2. The zero-order valence-electron chi connectivity index (χ0n) is 9.78. The zero-order chi connectivity index (χ0) is 12.0. The molecule has 0 aliphatic rings. The second kappa shape index (κ2) is 8.03. The quantitative estimate of drug-likeness (QED) is 0.849. The maximum Gasteiger partial charge on any atom is 0.220 e. The van der Waals surface area contributed by atoms with Gasteiger partial charge in [-0.3, -0.25) is 4.79 Å². The van der Waals surface area contributed by atoms with Crippen LogP contribution in [0.25, 0.3) is 0 Å². The fraction of sp³-hybridized carbons (Fsp3) is 0.417. The molecule has 0 aromatic heterocycles. The van der Waals surface area contributed by atoms with E-state index in [2.05, 4.69) is 5.32 Å². The van der Waals surface area contributed by atoms with Crippen molar-refractivity contribution in [3.05, 3.63) is 35.6 Å². The summed E-state index contributed by atoms with van der Waals surface area (Å²) in [6.45, 7) is 2.81. The molecule has 0 saturated heterocycles. The lowest BCUT2D eigenvalue weighted by atomic mass is 9.97. The molecule has 0 radical (unpaired) electrons. The molecule has 0 spiro atoms. The highest BCUT2D eigenvalue weighted by Gasteiger charge is 2.11. The molecule has 1 rings (SSSR count). The van der Waals surface area contributed by atoms with E-state index in [-0.39, 0.29) is 30.0 Å². The first kappa shape index (κ1) is 15.9. The molecule has 0 bridgehead atoms. The Morgan fingerprint density at radius 1 is 1.53 bits per heavy atom. The van der Waals surface area contributed by atoms with Gasteiger partial charge in [0.05, 0.1) is 0 Å². The maximum absolute atomic E-state index is 13.0. The van der Waals surface area contributed by atoms with Gasteiger partial charge in [-0.2, -0.15) is 0 Å². The number of hydrogen-bond acceptors (Lipinski definition) is 2. The molecule has 96 valence electrons. The molecule has 1 aromatic rings. The summed E-state index contributed by atoms with van der Waals surface area (Å²) in [4.78, 5) is 11.4. The highest BCUT2D eigenvalue weighted by Crippen LogP contribution is 2.19. The van der Waals surface area contributed by atoms with E-state index in [1.54, 1.807) is 6.07 Å². The fourth-order valence-electron chi connectivity index (χ4n) is 1.49. The summed E-state index contributed by atoms with van der Waals surface area (Å²) in [5.74, 6) is -0.317. The van der Waals surface area contributed by atoms with Crippen molar-refractivity contribution in [1.29, 1.82) is 0 Å². The van der Waals surface area contributed by atoms with E-state index < -0.39 is 0 Å². The van der Waals surface area contributed by atoms with Gasteiger partial charge in [0.2, 0.25) is 5.91 Å². The van der Waals surface area contributed by atoms with Crippen molar-refractivity contribution in [2.24, 2.45) is 5.73 Å². The molecule has 5 heteroatoms. The Kier molecular flexibility index (Phi) is 7.50. The molecule has 1 aromatic carbocycles. The molecule has 3 N–H and O–H groups in total. The SMILES string of the molecule is CC(CC(=O)NCCN)c1cccc(F)c1.Cl. The van der Waals surface area contributed by atoms with Crippen LogP contribution in [0, 0.1) is 5.82 Å². The maximum atomic E-state index is 13.0. The van der Waals surface area contributed by atoms with Gasteiger partial charge in [-0.1, -0.05) is 19.1 Å². The van der Waals surface area contributed by atoms with E-state index >= 15 is 0 Å². The van der Waals surface area contributed by atoms with Crippen molar-refractivity contribution in [2.75, 3.05) is 13.1 Å². The number of nitrogens with two attached hydrogens (primary N) is 1. The number of carbonyl (C=O) groups excluding carboxylic acids is 1. The molecular formula is C12H18ClFN2O. The molecule has 1 amide bonds. The Bertz CT molecular complexity index is 360. The van der Waals surface area contributed by atoms with Crippen LogP contribution in [0.3, 0.4) is 0 Å². The van der Waals surface area contributed by atoms with E-state index in [0.717, 1.165) is 5.56 Å². The first-order valence-electron chi connectivity index (χ1n) is 5.35. The van der Waals surface area contributed by atoms with Crippen LogP contribution in [0.4, 0.5) is 4.39 Å². The number of benzene rings is 1. The van der Waals surface area contributed by atoms with Gasteiger partial charge in [-0.25, -0.2) is 4.39 Å². The van der Waals surface area contributed by atoms with Crippen LogP contribution in [0.2, 0.25) is 0 Å². The van der Waals surface area contributed by atoms with Gasteiger partial charge in [0.1, 0.15) is 5.82 Å². The van der Waals surface area contributed by atoms with E-state index in [1.165, 1.54) is 12.1 Å². The predicted octanol–water partition coefficient (Wildman–Crippen LogP) is 1.82. The van der Waals surface area contributed by atoms with Gasteiger partial charge in [-0.15, -0.1) is 12.4 Å². The van der Waals surface area contributed by atoms with Crippen LogP contribution >= 0.6 is 12.4 Å². The van der Waals surface area contributed by atoms with Crippen LogP contribution in [-0.2, 0) is 4.79 Å². The van der Waals surface area contributed by atoms with Gasteiger partial charge in [0, 0.05) is 19.5 Å². The van der Waals surface area contributed by atoms with E-state index in [4.69, 9.17) is 5.73 Å². The number of carbonyl (C=O) groups is 1. The lowest BCUT2D eigenvalue weighted by molar-refractivity contribution is -0.121. The van der Waals surface area contributed by atoms with Crippen molar-refractivity contribution in [2.45, 2.75) is 19.3 Å². The zero-order valence-corrected chi connectivity index (χ0v) is 10.6. The summed E-state index contributed by atoms with van der Waals surface area (Å²) in [6, 6.07) is 6.33. The summed E-state index contributed by atoms with van der Waals surface area (Å²) >= 11 is 0. The first-order valence-corrected chi connectivity index (χ1v) is 5.35. The number of hydrogen-bond donors (Lipinski definition) is 2. The third-order valence-electron chi connectivity index (χ3n) is 2.38. The van der Waals surface area contributed by atoms with Crippen molar-refractivity contribution in [1.82, 2.24) is 5.32 Å². The largest absolute Gasteiger partial charge is 0.355 e. The van der Waals surface area contributed by atoms with Crippen molar-refractivity contribution >= 4 is 18.3 Å². The average molecular weight is 261 g/mol. The predicted molar refractivity (Wildman–Crippen MR) is 68.7 cm³/mol. The molecule has 17 heavy (non-hydrogen) atoms. The average Bonchev–Trinajstić information content (AvgIpc) is 2.26. The summed E-state index contributed by atoms with van der Waals surface area (Å²) in [7, 11) is 0. The van der Waals surface area contributed by atoms with E-state index in [1.807, 2.05) is 13.0 Å². The van der Waals surface area contributed by atoms with Gasteiger partial charge in [0.15, 0.2) is 0 Å². The second-order valence-electron chi connectivity index (χ2n) is 3.80. The highest BCUT2D eigenvalue weighted by molar-refractivity contribution is 5.85. The summed E-state index contributed by atoms with van der Waals surface area (Å²) < 4.78 is 13.0. The van der Waals surface area contributed by atoms with Crippen LogP contribution in [0.1, 0.15) is 24.8 Å². The minimum absolute atomic E-state index is 0. The Hall–Kier alpha value is -1.13. The number of amides is 1. The molecular weight excluding hydrogens is 243 g/mol. The summed E-state index contributed by atoms with van der Waals surface area (Å²) in [5.41, 5.74) is 6.11. The third kappa shape index (κ3) is 5.65. The summed E-state index contributed by atoms with van der Waals surface area (Å²) in [5, 5.41) is 2.69. The number of rotatable bonds is 5. The van der Waals surface area contributed by atoms with Crippen LogP contribution in [0.5, 0.6) is 0 Å². The molecule has 0 heterocycles. The lowest BCUT2D eigenvalue weighted by Crippen LogP contribution is -2.29. The Morgan fingerprint density at radius 2 is 2.24 bits per heavy atom. The molecule has 0 fully saturated rings. The Morgan fingerprint density at radius 3 is 2.82 bits per heavy atom. The van der Waals surface area contributed by atoms with Crippen molar-refractivity contribution in [3.63, 3.8) is 0 Å². The molecule has 0 aliphatic heterocycles. The second-order valence-corrected chi connectivity index (χ2v) is 3.80. The van der Waals surface area contributed by atoms with Crippen LogP contribution in [0.15, 0.2) is 24.3 Å². The van der Waals surface area contributed by atoms with Crippen molar-refractivity contribution < 1.29 is 9.18 Å². The molecule has 0 saturated carbocycles. The highest BCUT2D eigenvalue weighted by atomic mass is 35.5. The van der Waals surface area contributed by atoms with Gasteiger partial charge < -0.3 is 11.1 Å². The standard InChI is InChI=1S/C12H17FN2O.ClH/c1-9(7-12(16)15-6-5-14)10-3-2-4-11(13)8-10;/h2-4,8-9H,5-7,14H2,1H3,(H,15,16);1H. The van der Waals surface area contributed by atoms with Crippen LogP contribution in [-0.4, -0.2) is 19.0 Å². The molecule has 0 aliphatic carbocycles. The van der Waals surface area contributed by atoms with E-state index in [0.29, 0.717) is 19.5 Å². The normalized spacial score (nSPS) is 11.5. The van der Waals surface area contributed by atoms with Gasteiger partial charge in [-0.05, 0) is 23.6 Å². The molecule has 1 unspecified atom stereocenters. The Balaban J connectivity index is 0.00000256. The lowest BCUT2D eigenvalue weighted by Gasteiger charge is -2.11. The molecule has 1 atom stereocenters. The first-order chi connectivity index (χ1) is 7.63. The summed E-state index contributed by atoms with van der Waals surface area (Å²) in [6.07, 6.45) is 0.351. The number of nitrogens with one attached hydrogen (secondary N) is 1. The minimum Gasteiger partial charge on any atom is -0.355 e.